The number of amides is 1. The van der Waals surface area contributed by atoms with Crippen molar-refractivity contribution in [3.05, 3.63) is 29.8 Å². The number of anilines is 1. The molecule has 98 valence electrons. The third-order valence-electron chi connectivity index (χ3n) is 3.39. The maximum Gasteiger partial charge on any atom is 0.234 e. The van der Waals surface area contributed by atoms with E-state index in [0.717, 1.165) is 24.9 Å². The van der Waals surface area contributed by atoms with E-state index in [0.29, 0.717) is 12.2 Å². The minimum Gasteiger partial charge on any atom is -0.399 e. The topological polar surface area (TPSA) is 92.6 Å². The molecule has 2 unspecified atom stereocenters. The Morgan fingerprint density at radius 1 is 1.56 bits per heavy atom. The van der Waals surface area contributed by atoms with E-state index in [4.69, 9.17) is 11.5 Å². The number of carbonyl (C=O) groups excluding carboxylic acids is 1. The molecule has 0 spiro atoms. The third kappa shape index (κ3) is 2.80. The number of β-amino-alcohol motifs (C(OH)–C–C–N with tert-alkyl or cyclic N) is 1. The molecule has 5 heteroatoms. The molecule has 1 aromatic carbocycles. The number of benzene rings is 1. The van der Waals surface area contributed by atoms with Gasteiger partial charge in [0.2, 0.25) is 5.91 Å². The Morgan fingerprint density at radius 2 is 2.33 bits per heavy atom. The molecule has 1 aromatic rings. The summed E-state index contributed by atoms with van der Waals surface area (Å²) in [4.78, 5) is 13.2. The van der Waals surface area contributed by atoms with Gasteiger partial charge < -0.3 is 16.6 Å². The number of carbonyl (C=O) groups is 1. The number of nitrogens with zero attached hydrogens (tertiary/aromatic N) is 1. The lowest BCUT2D eigenvalue weighted by Gasteiger charge is -2.24. The van der Waals surface area contributed by atoms with E-state index in [-0.39, 0.29) is 11.9 Å². The second-order valence-electron chi connectivity index (χ2n) is 4.74. The van der Waals surface area contributed by atoms with Crippen molar-refractivity contribution in [1.29, 1.82) is 0 Å². The second-order valence-corrected chi connectivity index (χ2v) is 4.74. The molecule has 5 nitrogen and oxygen atoms in total. The van der Waals surface area contributed by atoms with E-state index in [1.165, 1.54) is 0 Å². The molecule has 0 aliphatic carbocycles. The number of nitrogen functional groups attached to an aromatic ring is 1. The fourth-order valence-electron chi connectivity index (χ4n) is 2.46. The molecule has 2 rings (SSSR count). The van der Waals surface area contributed by atoms with E-state index in [2.05, 4.69) is 0 Å². The number of aliphatic hydroxyl groups excluding tert-OH is 1. The second kappa shape index (κ2) is 5.37. The SMILES string of the molecule is NC(=O)C1CCCN1CC(O)c1cccc(N)c1. The Labute approximate surface area is 106 Å². The number of primary amides is 1. The fraction of sp³-hybridized carbons (Fsp3) is 0.462. The first-order valence-corrected chi connectivity index (χ1v) is 6.15. The smallest absolute Gasteiger partial charge is 0.234 e. The van der Waals surface area contributed by atoms with E-state index in [1.54, 1.807) is 12.1 Å². The summed E-state index contributed by atoms with van der Waals surface area (Å²) in [7, 11) is 0. The first kappa shape index (κ1) is 12.9. The van der Waals surface area contributed by atoms with Crippen molar-refractivity contribution < 1.29 is 9.90 Å². The van der Waals surface area contributed by atoms with Gasteiger partial charge in [0, 0.05) is 12.2 Å². The van der Waals surface area contributed by atoms with Crippen molar-refractivity contribution in [2.45, 2.75) is 25.0 Å². The van der Waals surface area contributed by atoms with Crippen LogP contribution in [0.3, 0.4) is 0 Å². The summed E-state index contributed by atoms with van der Waals surface area (Å²) in [5, 5.41) is 10.2. The zero-order valence-electron chi connectivity index (χ0n) is 10.2. The van der Waals surface area contributed by atoms with Crippen LogP contribution in [0, 0.1) is 0 Å². The zero-order chi connectivity index (χ0) is 13.1. The van der Waals surface area contributed by atoms with Crippen LogP contribution >= 0.6 is 0 Å². The molecule has 1 saturated heterocycles. The summed E-state index contributed by atoms with van der Waals surface area (Å²) < 4.78 is 0. The maximum absolute atomic E-state index is 11.3. The highest BCUT2D eigenvalue weighted by atomic mass is 16.3. The molecule has 2 atom stereocenters. The van der Waals surface area contributed by atoms with Crippen molar-refractivity contribution in [2.75, 3.05) is 18.8 Å². The van der Waals surface area contributed by atoms with Gasteiger partial charge in [0.1, 0.15) is 0 Å². The molecule has 18 heavy (non-hydrogen) atoms. The van der Waals surface area contributed by atoms with E-state index < -0.39 is 6.10 Å². The van der Waals surface area contributed by atoms with Gasteiger partial charge in [-0.3, -0.25) is 9.69 Å². The molecule has 5 N–H and O–H groups in total. The highest BCUT2D eigenvalue weighted by Gasteiger charge is 2.30. The summed E-state index contributed by atoms with van der Waals surface area (Å²) in [6.45, 7) is 1.21. The van der Waals surface area contributed by atoms with Gasteiger partial charge in [0.25, 0.3) is 0 Å². The lowest BCUT2D eigenvalue weighted by atomic mass is 10.1. The first-order chi connectivity index (χ1) is 8.58. The van der Waals surface area contributed by atoms with Crippen LogP contribution in [0.1, 0.15) is 24.5 Å². The minimum absolute atomic E-state index is 0.249. The number of hydrogen-bond donors (Lipinski definition) is 3. The maximum atomic E-state index is 11.3. The molecule has 1 aliphatic heterocycles. The zero-order valence-corrected chi connectivity index (χ0v) is 10.2. The van der Waals surface area contributed by atoms with Gasteiger partial charge in [-0.2, -0.15) is 0 Å². The van der Waals surface area contributed by atoms with E-state index in [1.807, 2.05) is 17.0 Å². The Morgan fingerprint density at radius 3 is 3.00 bits per heavy atom. The number of aliphatic hydroxyl groups is 1. The van der Waals surface area contributed by atoms with E-state index >= 15 is 0 Å². The molecule has 1 aliphatic rings. The van der Waals surface area contributed by atoms with Gasteiger partial charge in [-0.05, 0) is 37.1 Å². The van der Waals surface area contributed by atoms with Gasteiger partial charge in [-0.25, -0.2) is 0 Å². The predicted molar refractivity (Wildman–Crippen MR) is 69.6 cm³/mol. The van der Waals surface area contributed by atoms with Crippen molar-refractivity contribution in [3.63, 3.8) is 0 Å². The van der Waals surface area contributed by atoms with Gasteiger partial charge >= 0.3 is 0 Å². The van der Waals surface area contributed by atoms with Gasteiger partial charge in [0.15, 0.2) is 0 Å². The largest absolute Gasteiger partial charge is 0.399 e. The standard InChI is InChI=1S/C13H19N3O2/c14-10-4-1-3-9(7-10)12(17)8-16-6-2-5-11(16)13(15)18/h1,3-4,7,11-12,17H,2,5-6,8,14H2,(H2,15,18). The lowest BCUT2D eigenvalue weighted by Crippen LogP contribution is -2.42. The summed E-state index contributed by atoms with van der Waals surface area (Å²) in [5.74, 6) is -0.313. The molecular weight excluding hydrogens is 230 g/mol. The van der Waals surface area contributed by atoms with Gasteiger partial charge in [-0.15, -0.1) is 0 Å². The van der Waals surface area contributed by atoms with Crippen molar-refractivity contribution >= 4 is 11.6 Å². The minimum atomic E-state index is -0.645. The molecule has 1 fully saturated rings. The molecule has 1 amide bonds. The molecular formula is C13H19N3O2. The average molecular weight is 249 g/mol. The lowest BCUT2D eigenvalue weighted by molar-refractivity contribution is -0.122. The van der Waals surface area contributed by atoms with Crippen LogP contribution in [-0.4, -0.2) is 35.0 Å². The predicted octanol–water partition coefficient (Wildman–Crippen LogP) is 0.252. The normalized spacial score (nSPS) is 21.9. The fourth-order valence-corrected chi connectivity index (χ4v) is 2.46. The van der Waals surface area contributed by atoms with Crippen molar-refractivity contribution in [1.82, 2.24) is 4.90 Å². The summed E-state index contributed by atoms with van der Waals surface area (Å²) in [6, 6.07) is 6.92. The Bertz CT molecular complexity index is 436. The highest BCUT2D eigenvalue weighted by molar-refractivity contribution is 5.80. The average Bonchev–Trinajstić information content (AvgIpc) is 2.77. The van der Waals surface area contributed by atoms with Crippen molar-refractivity contribution in [3.8, 4) is 0 Å². The Hall–Kier alpha value is -1.59. The van der Waals surface area contributed by atoms with Crippen LogP contribution in [0.4, 0.5) is 5.69 Å². The first-order valence-electron chi connectivity index (χ1n) is 6.15. The van der Waals surface area contributed by atoms with E-state index in [9.17, 15) is 9.90 Å². The number of hydrogen-bond acceptors (Lipinski definition) is 4. The van der Waals surface area contributed by atoms with Crippen LogP contribution in [0.15, 0.2) is 24.3 Å². The highest BCUT2D eigenvalue weighted by Crippen LogP contribution is 2.22. The Kier molecular flexibility index (Phi) is 3.84. The van der Waals surface area contributed by atoms with Gasteiger partial charge in [-0.1, -0.05) is 12.1 Å². The number of likely N-dealkylation sites (tertiary alicyclic amines) is 1. The summed E-state index contributed by atoms with van der Waals surface area (Å²) >= 11 is 0. The third-order valence-corrected chi connectivity index (χ3v) is 3.39. The van der Waals surface area contributed by atoms with Crippen LogP contribution in [0.25, 0.3) is 0 Å². The number of nitrogens with two attached hydrogens (primary N) is 2. The summed E-state index contributed by atoms with van der Waals surface area (Å²) in [6.07, 6.45) is 1.07. The molecule has 0 radical (unpaired) electrons. The van der Waals surface area contributed by atoms with Crippen LogP contribution in [-0.2, 0) is 4.79 Å². The van der Waals surface area contributed by atoms with Crippen LogP contribution in [0.5, 0.6) is 0 Å². The molecule has 1 heterocycles. The number of rotatable bonds is 4. The van der Waals surface area contributed by atoms with Crippen LogP contribution < -0.4 is 11.5 Å². The summed E-state index contributed by atoms with van der Waals surface area (Å²) in [5.41, 5.74) is 12.4. The molecule has 0 saturated carbocycles. The van der Waals surface area contributed by atoms with Crippen LogP contribution in [0.2, 0.25) is 0 Å². The Balaban J connectivity index is 2.03. The van der Waals surface area contributed by atoms with Gasteiger partial charge in [0.05, 0.1) is 12.1 Å². The quantitative estimate of drug-likeness (QED) is 0.667. The molecule has 0 bridgehead atoms. The molecule has 0 aromatic heterocycles. The monoisotopic (exact) mass is 249 g/mol. The van der Waals surface area contributed by atoms with Crippen molar-refractivity contribution in [2.24, 2.45) is 5.73 Å².